The number of rotatable bonds is 0. The molecule has 0 fully saturated rings. The molecule has 0 atom stereocenters. The summed E-state index contributed by atoms with van der Waals surface area (Å²) in [5, 5.41) is 27.6. The van der Waals surface area contributed by atoms with Crippen molar-refractivity contribution in [1.82, 2.24) is 49.1 Å². The Kier molecular flexibility index (Phi) is 5.63. The predicted octanol–water partition coefficient (Wildman–Crippen LogP) is 9.76. The van der Waals surface area contributed by atoms with Gasteiger partial charge >= 0.3 is 0 Å². The van der Waals surface area contributed by atoms with Crippen LogP contribution in [0, 0.1) is 0 Å². The first-order chi connectivity index (χ1) is 27.7. The highest BCUT2D eigenvalue weighted by Crippen LogP contribution is 2.34. The highest BCUT2D eigenvalue weighted by Gasteiger charge is 2.18. The lowest BCUT2D eigenvalue weighted by molar-refractivity contribution is 0.642. The zero-order valence-corrected chi connectivity index (χ0v) is 29.0. The van der Waals surface area contributed by atoms with Crippen molar-refractivity contribution in [2.24, 2.45) is 0 Å². The number of imidazole rings is 2. The van der Waals surface area contributed by atoms with Gasteiger partial charge in [-0.1, -0.05) is 84.9 Å². The molecule has 0 saturated heterocycles. The lowest BCUT2D eigenvalue weighted by Gasteiger charge is -2.06. The maximum Gasteiger partial charge on any atom is 0.268 e. The molecule has 12 heteroatoms. The summed E-state index contributed by atoms with van der Waals surface area (Å²) in [5.74, 6) is 0. The summed E-state index contributed by atoms with van der Waals surface area (Å²) < 4.78 is 16.8. The lowest BCUT2D eigenvalue weighted by atomic mass is 9.99. The van der Waals surface area contributed by atoms with Crippen molar-refractivity contribution >= 4 is 121 Å². The molecule has 0 amide bonds. The minimum atomic E-state index is 0.300. The van der Waals surface area contributed by atoms with Gasteiger partial charge in [0.05, 0.1) is 0 Å². The summed E-state index contributed by atoms with van der Waals surface area (Å²) in [7, 11) is 0. The van der Waals surface area contributed by atoms with Crippen LogP contribution in [0.1, 0.15) is 0 Å². The molecule has 12 nitrogen and oxygen atoms in total. The molecule has 260 valence electrons. The van der Waals surface area contributed by atoms with E-state index in [4.69, 9.17) is 18.8 Å². The first kappa shape index (κ1) is 29.3. The standard InChI is InChI=1S/C44H22N10O2/c1-5-25-6-2-10-30-24-15-19-28(20-16-24)54-22-46-40-38(54)36-44(52-50-40)56-42(48-36)32-12-4-8-26-7-3-11-31(34(26)32)41-47-35-37-39(49-51-43(35)55-41)45-21-53(37)27-17-13-23(14-18-27)29(9-1)33(25)30/h1-22H. The first-order valence-corrected chi connectivity index (χ1v) is 18.0. The van der Waals surface area contributed by atoms with Gasteiger partial charge in [-0.2, -0.15) is 0 Å². The molecule has 56 heavy (non-hydrogen) atoms. The monoisotopic (exact) mass is 722 g/mol. The van der Waals surface area contributed by atoms with E-state index >= 15 is 0 Å². The van der Waals surface area contributed by atoms with Crippen LogP contribution < -0.4 is 0 Å². The fourth-order valence-corrected chi connectivity index (χ4v) is 8.26. The van der Waals surface area contributed by atoms with Crippen molar-refractivity contribution < 1.29 is 8.83 Å². The second kappa shape index (κ2) is 10.7. The summed E-state index contributed by atoms with van der Waals surface area (Å²) in [6, 6.07) is 41.8. The largest absolute Gasteiger partial charge is 0.416 e. The van der Waals surface area contributed by atoms with Crippen LogP contribution >= 0.6 is 0 Å². The number of nitrogens with zero attached hydrogens (tertiary/aromatic N) is 10. The van der Waals surface area contributed by atoms with Gasteiger partial charge in [0.2, 0.25) is 22.7 Å². The number of hydrogen-bond donors (Lipinski definition) is 0. The molecular formula is C44H22N10O2. The molecule has 0 aliphatic rings. The van der Waals surface area contributed by atoms with Gasteiger partial charge in [0.15, 0.2) is 11.0 Å². The molecule has 0 radical (unpaired) electrons. The molecule has 0 unspecified atom stereocenters. The Labute approximate surface area is 312 Å². The Bertz CT molecular complexity index is 3680. The van der Waals surface area contributed by atoms with Gasteiger partial charge in [-0.3, -0.25) is 8.80 Å². The van der Waals surface area contributed by atoms with E-state index in [9.17, 15) is 0 Å². The lowest BCUT2D eigenvalue weighted by Crippen LogP contribution is -1.88. The smallest absolute Gasteiger partial charge is 0.268 e. The van der Waals surface area contributed by atoms with Crippen molar-refractivity contribution in [3.8, 4) is 0 Å². The van der Waals surface area contributed by atoms with Crippen molar-refractivity contribution in [2.75, 3.05) is 0 Å². The Balaban J connectivity index is 1.25. The number of benzene rings is 6. The van der Waals surface area contributed by atoms with E-state index < -0.39 is 0 Å². The van der Waals surface area contributed by atoms with E-state index in [0.29, 0.717) is 56.2 Å². The zero-order valence-electron chi connectivity index (χ0n) is 29.0. The number of aromatic nitrogens is 10. The van der Waals surface area contributed by atoms with Gasteiger partial charge in [0.25, 0.3) is 11.4 Å². The molecule has 6 aromatic carbocycles. The van der Waals surface area contributed by atoms with Gasteiger partial charge in [0.1, 0.15) is 23.7 Å². The third kappa shape index (κ3) is 4.01. The fourth-order valence-electron chi connectivity index (χ4n) is 8.26. The third-order valence-corrected chi connectivity index (χ3v) is 10.8. The molecule has 15 aromatic rings. The van der Waals surface area contributed by atoms with Crippen LogP contribution in [0.2, 0.25) is 0 Å². The van der Waals surface area contributed by atoms with Gasteiger partial charge in [-0.15, -0.1) is 20.4 Å². The van der Waals surface area contributed by atoms with Crippen LogP contribution in [0.5, 0.6) is 0 Å². The van der Waals surface area contributed by atoms with Crippen LogP contribution in [0.4, 0.5) is 0 Å². The quantitative estimate of drug-likeness (QED) is 0.149. The highest BCUT2D eigenvalue weighted by atomic mass is 16.4. The Morgan fingerprint density at radius 1 is 0.375 bits per heavy atom. The predicted molar refractivity (Wildman–Crippen MR) is 217 cm³/mol. The summed E-state index contributed by atoms with van der Waals surface area (Å²) in [6.07, 6.45) is 3.50. The van der Waals surface area contributed by atoms with Crippen molar-refractivity contribution in [3.63, 3.8) is 0 Å². The van der Waals surface area contributed by atoms with Crippen LogP contribution in [0.25, 0.3) is 121 Å². The highest BCUT2D eigenvalue weighted by molar-refractivity contribution is 6.19. The third-order valence-electron chi connectivity index (χ3n) is 10.8. The molecule has 8 bridgehead atoms. The molecule has 0 N–H and O–H groups in total. The van der Waals surface area contributed by atoms with Crippen LogP contribution in [-0.4, -0.2) is 49.1 Å². The number of fused-ring (bicyclic) bond motifs is 2. The molecule has 15 rings (SSSR count). The van der Waals surface area contributed by atoms with Crippen molar-refractivity contribution in [3.05, 3.63) is 134 Å². The van der Waals surface area contributed by atoms with E-state index in [-0.39, 0.29) is 0 Å². The fraction of sp³-hybridized carbons (Fsp3) is 0. The number of oxazole rings is 2. The summed E-state index contributed by atoms with van der Waals surface area (Å²) in [6.45, 7) is 0. The minimum absolute atomic E-state index is 0.300. The van der Waals surface area contributed by atoms with E-state index in [1.54, 1.807) is 12.7 Å². The van der Waals surface area contributed by atoms with E-state index in [0.717, 1.165) is 59.5 Å². The van der Waals surface area contributed by atoms with E-state index in [1.807, 2.05) is 45.2 Å². The van der Waals surface area contributed by atoms with E-state index in [1.165, 1.54) is 5.39 Å². The van der Waals surface area contributed by atoms with Gasteiger partial charge in [-0.25, -0.2) is 19.9 Å². The molecule has 0 spiro atoms. The van der Waals surface area contributed by atoms with Crippen LogP contribution in [0.3, 0.4) is 0 Å². The first-order valence-electron chi connectivity index (χ1n) is 18.0. The topological polar surface area (TPSA) is 138 Å². The second-order valence-electron chi connectivity index (χ2n) is 13.8. The molecule has 9 heterocycles. The Morgan fingerprint density at radius 2 is 0.786 bits per heavy atom. The van der Waals surface area contributed by atoms with Gasteiger partial charge < -0.3 is 8.83 Å². The Hall–Kier alpha value is -8.12. The summed E-state index contributed by atoms with van der Waals surface area (Å²) in [4.78, 5) is 19.4. The van der Waals surface area contributed by atoms with Crippen LogP contribution in [0.15, 0.2) is 143 Å². The van der Waals surface area contributed by atoms with Crippen molar-refractivity contribution in [2.45, 2.75) is 0 Å². The SMILES string of the molecule is c1cc2cccc3c4ccc(cc4)n4cnc5nnc6oc(nc6c54)c4cccc5cccc(c6nc7c(nnc8ncn(c9ccc(cc9)c(c1)c23)c87)o6)c54. The van der Waals surface area contributed by atoms with Gasteiger partial charge in [0, 0.05) is 27.2 Å². The summed E-state index contributed by atoms with van der Waals surface area (Å²) in [5.41, 5.74) is 6.58. The van der Waals surface area contributed by atoms with Crippen molar-refractivity contribution in [1.29, 1.82) is 0 Å². The average Bonchev–Trinajstić information content (AvgIpc) is 4.07. The minimum Gasteiger partial charge on any atom is -0.416 e. The molecule has 9 aromatic heterocycles. The zero-order chi connectivity index (χ0) is 36.5. The number of hydrogen-bond acceptors (Lipinski definition) is 10. The normalized spacial score (nSPS) is 12.3. The molecule has 0 aliphatic carbocycles. The van der Waals surface area contributed by atoms with E-state index in [2.05, 4.69) is 115 Å². The van der Waals surface area contributed by atoms with Crippen LogP contribution in [-0.2, 0) is 0 Å². The second-order valence-corrected chi connectivity index (χ2v) is 13.8. The summed E-state index contributed by atoms with van der Waals surface area (Å²) >= 11 is 0. The molecular weight excluding hydrogens is 701 g/mol. The molecule has 0 aliphatic heterocycles. The maximum absolute atomic E-state index is 6.40. The molecule has 0 saturated carbocycles. The van der Waals surface area contributed by atoms with Gasteiger partial charge in [-0.05, 0) is 74.1 Å². The Morgan fingerprint density at radius 3 is 1.23 bits per heavy atom. The average molecular weight is 723 g/mol. The maximum atomic E-state index is 6.40.